The molecule has 0 aromatic heterocycles. The third kappa shape index (κ3) is 65.5. The molecule has 0 fully saturated rings. The third-order valence-corrected chi connectivity index (χ3v) is 17.3. The van der Waals surface area contributed by atoms with Crippen LogP contribution in [-0.4, -0.2) is 47.4 Å². The first-order valence-electron chi connectivity index (χ1n) is 36.6. The molecule has 0 rings (SSSR count). The zero-order chi connectivity index (χ0) is 57.8. The quantitative estimate of drug-likeness (QED) is 0.0320. The van der Waals surface area contributed by atoms with Crippen LogP contribution < -0.4 is 5.32 Å². The van der Waals surface area contributed by atoms with Crippen molar-refractivity contribution in [3.63, 3.8) is 0 Å². The van der Waals surface area contributed by atoms with Gasteiger partial charge < -0.3 is 20.3 Å². The predicted molar refractivity (Wildman–Crippen MR) is 352 cm³/mol. The van der Waals surface area contributed by atoms with Crippen molar-refractivity contribution >= 4 is 11.9 Å². The van der Waals surface area contributed by atoms with E-state index in [4.69, 9.17) is 4.74 Å². The van der Waals surface area contributed by atoms with Crippen LogP contribution >= 0.6 is 0 Å². The molecule has 474 valence electrons. The molecule has 0 aromatic rings. The van der Waals surface area contributed by atoms with Crippen LogP contribution in [0.25, 0.3) is 0 Å². The van der Waals surface area contributed by atoms with Gasteiger partial charge in [-0.15, -0.1) is 0 Å². The molecule has 0 saturated carbocycles. The maximum absolute atomic E-state index is 12.6. The SMILES string of the molecule is CCCCC/C=C\C/C=C\CCCCCCCCCC(=O)OCCCCCCCCCCCCCCCCCCCCCCCCC(=O)NC(CO)C(O)CCCCCCCCCCCCCCCCCCCCCCCCCC. The van der Waals surface area contributed by atoms with E-state index >= 15 is 0 Å². The minimum atomic E-state index is -0.666. The second-order valence-corrected chi connectivity index (χ2v) is 25.3. The van der Waals surface area contributed by atoms with E-state index < -0.39 is 12.1 Å². The molecule has 80 heavy (non-hydrogen) atoms. The van der Waals surface area contributed by atoms with Crippen LogP contribution in [0.15, 0.2) is 24.3 Å². The molecular formula is C74H143NO5. The minimum Gasteiger partial charge on any atom is -0.466 e. The van der Waals surface area contributed by atoms with E-state index in [0.29, 0.717) is 25.9 Å². The number of carbonyl (C=O) groups excluding carboxylic acids is 2. The van der Waals surface area contributed by atoms with Crippen molar-refractivity contribution in [2.45, 2.75) is 424 Å². The fraction of sp³-hybridized carbons (Fsp3) is 0.919. The molecule has 0 saturated heterocycles. The highest BCUT2D eigenvalue weighted by atomic mass is 16.5. The van der Waals surface area contributed by atoms with E-state index in [9.17, 15) is 19.8 Å². The van der Waals surface area contributed by atoms with Gasteiger partial charge in [-0.3, -0.25) is 9.59 Å². The first kappa shape index (κ1) is 78.3. The molecule has 3 N–H and O–H groups in total. The summed E-state index contributed by atoms with van der Waals surface area (Å²) in [7, 11) is 0. The van der Waals surface area contributed by atoms with Crippen molar-refractivity contribution < 1.29 is 24.5 Å². The lowest BCUT2D eigenvalue weighted by molar-refractivity contribution is -0.143. The first-order chi connectivity index (χ1) is 39.5. The Kier molecular flexibility index (Phi) is 68.4. The lowest BCUT2D eigenvalue weighted by Crippen LogP contribution is -2.45. The fourth-order valence-electron chi connectivity index (χ4n) is 11.7. The summed E-state index contributed by atoms with van der Waals surface area (Å²) in [6.45, 7) is 4.97. The largest absolute Gasteiger partial charge is 0.466 e. The average molecular weight is 1130 g/mol. The minimum absolute atomic E-state index is 0.00669. The number of allylic oxidation sites excluding steroid dienone is 4. The number of hydrogen-bond donors (Lipinski definition) is 3. The van der Waals surface area contributed by atoms with Gasteiger partial charge in [-0.2, -0.15) is 0 Å². The summed E-state index contributed by atoms with van der Waals surface area (Å²) < 4.78 is 5.50. The molecular weight excluding hydrogens is 983 g/mol. The van der Waals surface area contributed by atoms with E-state index in [0.717, 1.165) is 51.4 Å². The molecule has 2 atom stereocenters. The Morgan fingerprint density at radius 3 is 0.975 bits per heavy atom. The van der Waals surface area contributed by atoms with E-state index in [1.165, 1.54) is 327 Å². The van der Waals surface area contributed by atoms with Gasteiger partial charge in [-0.25, -0.2) is 0 Å². The Labute approximate surface area is 501 Å². The summed E-state index contributed by atoms with van der Waals surface area (Å²) >= 11 is 0. The van der Waals surface area contributed by atoms with Crippen LogP contribution in [0.2, 0.25) is 0 Å². The zero-order valence-corrected chi connectivity index (χ0v) is 54.3. The lowest BCUT2D eigenvalue weighted by atomic mass is 10.0. The van der Waals surface area contributed by atoms with Crippen molar-refractivity contribution in [1.82, 2.24) is 5.32 Å². The Hall–Kier alpha value is -1.66. The number of hydrogen-bond acceptors (Lipinski definition) is 5. The van der Waals surface area contributed by atoms with Crippen LogP contribution in [0.3, 0.4) is 0 Å². The lowest BCUT2D eigenvalue weighted by Gasteiger charge is -2.22. The van der Waals surface area contributed by atoms with Crippen LogP contribution in [-0.2, 0) is 14.3 Å². The zero-order valence-electron chi connectivity index (χ0n) is 54.3. The summed E-state index contributed by atoms with van der Waals surface area (Å²) in [6.07, 6.45) is 88.0. The van der Waals surface area contributed by atoms with Gasteiger partial charge in [0.05, 0.1) is 25.4 Å². The second-order valence-electron chi connectivity index (χ2n) is 25.3. The van der Waals surface area contributed by atoms with Crippen LogP contribution in [0, 0.1) is 0 Å². The molecule has 6 nitrogen and oxygen atoms in total. The van der Waals surface area contributed by atoms with Gasteiger partial charge in [-0.05, 0) is 57.8 Å². The van der Waals surface area contributed by atoms with Crippen molar-refractivity contribution in [3.05, 3.63) is 24.3 Å². The number of rotatable bonds is 69. The van der Waals surface area contributed by atoms with E-state index in [2.05, 4.69) is 43.5 Å². The molecule has 0 aliphatic heterocycles. The summed E-state index contributed by atoms with van der Waals surface area (Å²) in [6, 6.07) is -0.543. The van der Waals surface area contributed by atoms with Gasteiger partial charge in [0, 0.05) is 12.8 Å². The Balaban J connectivity index is 3.38. The van der Waals surface area contributed by atoms with Gasteiger partial charge in [0.1, 0.15) is 0 Å². The number of carbonyl (C=O) groups is 2. The first-order valence-corrected chi connectivity index (χ1v) is 36.6. The van der Waals surface area contributed by atoms with Crippen molar-refractivity contribution in [3.8, 4) is 0 Å². The third-order valence-electron chi connectivity index (χ3n) is 17.3. The molecule has 0 heterocycles. The predicted octanol–water partition coefficient (Wildman–Crippen LogP) is 23.7. The van der Waals surface area contributed by atoms with E-state index in [1.807, 2.05) is 0 Å². The summed E-state index contributed by atoms with van der Waals surface area (Å²) in [5, 5.41) is 23.5. The van der Waals surface area contributed by atoms with Crippen molar-refractivity contribution in [2.24, 2.45) is 0 Å². The number of amides is 1. The molecule has 6 heteroatoms. The number of aliphatic hydroxyl groups excluding tert-OH is 2. The molecule has 2 unspecified atom stereocenters. The molecule has 0 aliphatic carbocycles. The van der Waals surface area contributed by atoms with E-state index in [-0.39, 0.29) is 18.5 Å². The van der Waals surface area contributed by atoms with Gasteiger partial charge in [-0.1, -0.05) is 366 Å². The monoisotopic (exact) mass is 1130 g/mol. The standard InChI is InChI=1S/C74H143NO5/c1-3-5-7-9-11-13-15-17-19-21-22-23-24-25-28-31-35-38-42-46-50-54-58-62-66-72(77)71(70-76)75-73(78)67-63-59-55-51-47-43-39-36-32-29-26-27-30-33-37-41-45-49-53-57-61-65-69-80-74(79)68-64-60-56-52-48-44-40-34-20-18-16-14-12-10-8-6-4-2/h12,14,18,20,71-72,76-77H,3-11,13,15-17,19,21-70H2,1-2H3,(H,75,78)/b14-12-,20-18-. The number of aliphatic hydroxyl groups is 2. The van der Waals surface area contributed by atoms with Crippen molar-refractivity contribution in [1.29, 1.82) is 0 Å². The van der Waals surface area contributed by atoms with Gasteiger partial charge in [0.15, 0.2) is 0 Å². The maximum Gasteiger partial charge on any atom is 0.305 e. The highest BCUT2D eigenvalue weighted by Crippen LogP contribution is 2.19. The number of unbranched alkanes of at least 4 members (excludes halogenated alkanes) is 54. The summed E-state index contributed by atoms with van der Waals surface area (Å²) in [4.78, 5) is 24.7. The molecule has 0 aromatic carbocycles. The molecule has 0 spiro atoms. The van der Waals surface area contributed by atoms with Gasteiger partial charge in [0.25, 0.3) is 0 Å². The topological polar surface area (TPSA) is 95.9 Å². The van der Waals surface area contributed by atoms with E-state index in [1.54, 1.807) is 0 Å². The van der Waals surface area contributed by atoms with Crippen molar-refractivity contribution in [2.75, 3.05) is 13.2 Å². The van der Waals surface area contributed by atoms with Crippen LogP contribution in [0.1, 0.15) is 412 Å². The Bertz CT molecular complexity index is 1250. The smallest absolute Gasteiger partial charge is 0.305 e. The number of esters is 1. The highest BCUT2D eigenvalue weighted by Gasteiger charge is 2.20. The van der Waals surface area contributed by atoms with Crippen LogP contribution in [0.5, 0.6) is 0 Å². The Morgan fingerprint density at radius 1 is 0.350 bits per heavy atom. The molecule has 0 bridgehead atoms. The second kappa shape index (κ2) is 69.8. The average Bonchev–Trinajstić information content (AvgIpc) is 3.46. The fourth-order valence-corrected chi connectivity index (χ4v) is 11.7. The number of ether oxygens (including phenoxy) is 1. The Morgan fingerprint density at radius 2 is 0.625 bits per heavy atom. The maximum atomic E-state index is 12.6. The van der Waals surface area contributed by atoms with Gasteiger partial charge >= 0.3 is 5.97 Å². The van der Waals surface area contributed by atoms with Gasteiger partial charge in [0.2, 0.25) is 5.91 Å². The molecule has 0 aliphatic rings. The molecule has 1 amide bonds. The summed E-state index contributed by atoms with van der Waals surface area (Å²) in [5.74, 6) is -0.0235. The highest BCUT2D eigenvalue weighted by molar-refractivity contribution is 5.76. The summed E-state index contributed by atoms with van der Waals surface area (Å²) in [5.41, 5.74) is 0. The normalized spacial score (nSPS) is 12.6. The number of nitrogens with one attached hydrogen (secondary N) is 1. The molecule has 0 radical (unpaired) electrons. The van der Waals surface area contributed by atoms with Crippen LogP contribution in [0.4, 0.5) is 0 Å².